The molecule has 3 aromatic rings. The molecule has 7 nitrogen and oxygen atoms in total. The predicted octanol–water partition coefficient (Wildman–Crippen LogP) is 1.99. The molecule has 120 valence electrons. The maximum absolute atomic E-state index is 14.0. The van der Waals surface area contributed by atoms with Crippen LogP contribution in [-0.4, -0.2) is 46.8 Å². The Morgan fingerprint density at radius 3 is 2.74 bits per heavy atom. The minimum Gasteiger partial charge on any atom is -0.364 e. The summed E-state index contributed by atoms with van der Waals surface area (Å²) in [6, 6.07) is 6.39. The molecular formula is C15H16FN5O2. The summed E-state index contributed by atoms with van der Waals surface area (Å²) in [5.41, 5.74) is 0.845. The molecule has 0 fully saturated rings. The molecule has 0 aliphatic heterocycles. The highest BCUT2D eigenvalue weighted by molar-refractivity contribution is 5.87. The number of para-hydroxylation sites is 1. The van der Waals surface area contributed by atoms with E-state index in [0.717, 1.165) is 0 Å². The van der Waals surface area contributed by atoms with Crippen LogP contribution >= 0.6 is 0 Å². The Balaban J connectivity index is 1.96. The van der Waals surface area contributed by atoms with Crippen molar-refractivity contribution in [3.05, 3.63) is 42.6 Å². The van der Waals surface area contributed by atoms with Crippen molar-refractivity contribution in [1.29, 1.82) is 0 Å². The Bertz CT molecular complexity index is 803. The van der Waals surface area contributed by atoms with Crippen molar-refractivity contribution in [2.24, 2.45) is 0 Å². The van der Waals surface area contributed by atoms with E-state index in [1.807, 2.05) is 0 Å². The topological polar surface area (TPSA) is 74.1 Å². The first-order valence-electron chi connectivity index (χ1n) is 6.97. The standard InChI is InChI=1S/C15H16FN5O2/c1-22-13(23-2)8-17-14-10-7-20-21(15(10)19-9-18-14)12-6-4-3-5-11(12)16/h3-7,9,13H,8H2,1-2H3,(H,17,18,19). The number of hydrogen-bond acceptors (Lipinski definition) is 6. The van der Waals surface area contributed by atoms with Crippen LogP contribution in [-0.2, 0) is 9.47 Å². The summed E-state index contributed by atoms with van der Waals surface area (Å²) in [6.45, 7) is 0.407. The summed E-state index contributed by atoms with van der Waals surface area (Å²) < 4.78 is 25.7. The Kier molecular flexibility index (Phi) is 4.45. The average Bonchev–Trinajstić information content (AvgIpc) is 3.01. The summed E-state index contributed by atoms with van der Waals surface area (Å²) in [5.74, 6) is 0.209. The number of rotatable bonds is 6. The van der Waals surface area contributed by atoms with Gasteiger partial charge in [0.05, 0.1) is 18.1 Å². The number of ether oxygens (including phenoxy) is 2. The van der Waals surface area contributed by atoms with Crippen molar-refractivity contribution in [3.8, 4) is 5.69 Å². The van der Waals surface area contributed by atoms with Crippen LogP contribution in [0.5, 0.6) is 0 Å². The second kappa shape index (κ2) is 6.67. The van der Waals surface area contributed by atoms with E-state index in [2.05, 4.69) is 20.4 Å². The highest BCUT2D eigenvalue weighted by Gasteiger charge is 2.14. The molecule has 3 rings (SSSR count). The fourth-order valence-electron chi connectivity index (χ4n) is 2.23. The Hall–Kier alpha value is -2.58. The van der Waals surface area contributed by atoms with Gasteiger partial charge in [-0.25, -0.2) is 19.0 Å². The largest absolute Gasteiger partial charge is 0.364 e. The van der Waals surface area contributed by atoms with E-state index < -0.39 is 6.29 Å². The van der Waals surface area contributed by atoms with Gasteiger partial charge in [-0.05, 0) is 12.1 Å². The van der Waals surface area contributed by atoms with Crippen molar-refractivity contribution in [2.75, 3.05) is 26.1 Å². The maximum Gasteiger partial charge on any atom is 0.173 e. The average molecular weight is 317 g/mol. The molecule has 0 aliphatic carbocycles. The Labute approximate surface area is 132 Å². The lowest BCUT2D eigenvalue weighted by molar-refractivity contribution is -0.0914. The van der Waals surface area contributed by atoms with Gasteiger partial charge in [-0.15, -0.1) is 0 Å². The Morgan fingerprint density at radius 1 is 1.22 bits per heavy atom. The van der Waals surface area contributed by atoms with Gasteiger partial charge < -0.3 is 14.8 Å². The number of aromatic nitrogens is 4. The van der Waals surface area contributed by atoms with Gasteiger partial charge in [-0.1, -0.05) is 12.1 Å². The van der Waals surface area contributed by atoms with Gasteiger partial charge in [-0.2, -0.15) is 5.10 Å². The van der Waals surface area contributed by atoms with Crippen molar-refractivity contribution in [1.82, 2.24) is 19.7 Å². The highest BCUT2D eigenvalue weighted by atomic mass is 19.1. The smallest absolute Gasteiger partial charge is 0.173 e. The van der Waals surface area contributed by atoms with E-state index in [4.69, 9.17) is 9.47 Å². The van der Waals surface area contributed by atoms with E-state index in [1.54, 1.807) is 38.6 Å². The Morgan fingerprint density at radius 2 is 2.00 bits per heavy atom. The second-order valence-electron chi connectivity index (χ2n) is 4.75. The van der Waals surface area contributed by atoms with Crippen molar-refractivity contribution >= 4 is 16.9 Å². The van der Waals surface area contributed by atoms with E-state index in [0.29, 0.717) is 29.1 Å². The van der Waals surface area contributed by atoms with E-state index in [-0.39, 0.29) is 5.82 Å². The quantitative estimate of drug-likeness (QED) is 0.701. The fourth-order valence-corrected chi connectivity index (χ4v) is 2.23. The number of benzene rings is 1. The van der Waals surface area contributed by atoms with Gasteiger partial charge in [0.2, 0.25) is 0 Å². The van der Waals surface area contributed by atoms with E-state index in [1.165, 1.54) is 17.1 Å². The van der Waals surface area contributed by atoms with Crippen molar-refractivity contribution in [3.63, 3.8) is 0 Å². The van der Waals surface area contributed by atoms with Crippen LogP contribution in [0.4, 0.5) is 10.2 Å². The van der Waals surface area contributed by atoms with Crippen molar-refractivity contribution < 1.29 is 13.9 Å². The number of nitrogens with one attached hydrogen (secondary N) is 1. The zero-order chi connectivity index (χ0) is 16.2. The van der Waals surface area contributed by atoms with Crippen LogP contribution < -0.4 is 5.32 Å². The monoisotopic (exact) mass is 317 g/mol. The van der Waals surface area contributed by atoms with Crippen LogP contribution in [0.15, 0.2) is 36.8 Å². The van der Waals surface area contributed by atoms with E-state index >= 15 is 0 Å². The third-order valence-corrected chi connectivity index (χ3v) is 3.41. The van der Waals surface area contributed by atoms with Gasteiger partial charge in [-0.3, -0.25) is 0 Å². The van der Waals surface area contributed by atoms with Gasteiger partial charge in [0.25, 0.3) is 0 Å². The number of hydrogen-bond donors (Lipinski definition) is 1. The van der Waals surface area contributed by atoms with Gasteiger partial charge in [0.1, 0.15) is 23.6 Å². The van der Waals surface area contributed by atoms with Crippen LogP contribution in [0.3, 0.4) is 0 Å². The molecule has 23 heavy (non-hydrogen) atoms. The lowest BCUT2D eigenvalue weighted by Gasteiger charge is -2.14. The molecule has 8 heteroatoms. The maximum atomic E-state index is 14.0. The van der Waals surface area contributed by atoms with Gasteiger partial charge in [0, 0.05) is 14.2 Å². The number of nitrogens with zero attached hydrogens (tertiary/aromatic N) is 4. The summed E-state index contributed by atoms with van der Waals surface area (Å²) in [5, 5.41) is 8.03. The number of anilines is 1. The number of fused-ring (bicyclic) bond motifs is 1. The zero-order valence-corrected chi connectivity index (χ0v) is 12.7. The summed E-state index contributed by atoms with van der Waals surface area (Å²) in [6.07, 6.45) is 2.60. The zero-order valence-electron chi connectivity index (χ0n) is 12.7. The first-order valence-corrected chi connectivity index (χ1v) is 6.97. The fraction of sp³-hybridized carbons (Fsp3) is 0.267. The molecule has 0 saturated carbocycles. The van der Waals surface area contributed by atoms with Crippen LogP contribution in [0, 0.1) is 5.82 Å². The summed E-state index contributed by atoms with van der Waals surface area (Å²) in [7, 11) is 3.11. The first-order chi connectivity index (χ1) is 11.2. The summed E-state index contributed by atoms with van der Waals surface area (Å²) in [4.78, 5) is 8.40. The van der Waals surface area contributed by atoms with Crippen LogP contribution in [0.1, 0.15) is 0 Å². The molecule has 2 aromatic heterocycles. The third-order valence-electron chi connectivity index (χ3n) is 3.41. The molecule has 0 bridgehead atoms. The number of methoxy groups -OCH3 is 2. The molecule has 0 saturated heterocycles. The minimum atomic E-state index is -0.401. The normalized spacial score (nSPS) is 11.3. The second-order valence-corrected chi connectivity index (χ2v) is 4.75. The molecule has 0 unspecified atom stereocenters. The summed E-state index contributed by atoms with van der Waals surface area (Å²) >= 11 is 0. The molecule has 1 aromatic carbocycles. The number of halogens is 1. The van der Waals surface area contributed by atoms with Crippen LogP contribution in [0.2, 0.25) is 0 Å². The van der Waals surface area contributed by atoms with Gasteiger partial charge >= 0.3 is 0 Å². The minimum absolute atomic E-state index is 0.332. The predicted molar refractivity (Wildman–Crippen MR) is 82.9 cm³/mol. The highest BCUT2D eigenvalue weighted by Crippen LogP contribution is 2.22. The molecule has 0 spiro atoms. The van der Waals surface area contributed by atoms with Crippen molar-refractivity contribution in [2.45, 2.75) is 6.29 Å². The molecule has 2 heterocycles. The molecule has 1 N–H and O–H groups in total. The molecule has 0 radical (unpaired) electrons. The molecule has 0 aliphatic rings. The lowest BCUT2D eigenvalue weighted by Crippen LogP contribution is -2.24. The van der Waals surface area contributed by atoms with Crippen LogP contribution in [0.25, 0.3) is 16.7 Å². The SMILES string of the molecule is COC(CNc1ncnc2c1cnn2-c1ccccc1F)OC. The molecular weight excluding hydrogens is 301 g/mol. The lowest BCUT2D eigenvalue weighted by atomic mass is 10.3. The van der Waals surface area contributed by atoms with E-state index in [9.17, 15) is 4.39 Å². The van der Waals surface area contributed by atoms with Gasteiger partial charge in [0.15, 0.2) is 11.9 Å². The third kappa shape index (κ3) is 2.99. The molecule has 0 atom stereocenters. The molecule has 0 amide bonds. The first kappa shape index (κ1) is 15.3.